The molecule has 4 atom stereocenters. The lowest BCUT2D eigenvalue weighted by Crippen LogP contribution is -2.45. The molecule has 0 radical (unpaired) electrons. The Kier molecular flexibility index (Phi) is 3.48. The fourth-order valence-corrected chi connectivity index (χ4v) is 5.76. The normalized spacial score (nSPS) is 34.4. The Labute approximate surface area is 143 Å². The van der Waals surface area contributed by atoms with E-state index in [-0.39, 0.29) is 35.1 Å². The lowest BCUT2D eigenvalue weighted by molar-refractivity contribution is -0.131. The summed E-state index contributed by atoms with van der Waals surface area (Å²) >= 11 is 0. The average Bonchev–Trinajstić information content (AvgIpc) is 2.90. The monoisotopic (exact) mass is 326 g/mol. The van der Waals surface area contributed by atoms with Crippen LogP contribution in [0, 0.1) is 24.7 Å². The van der Waals surface area contributed by atoms with Gasteiger partial charge in [0.15, 0.2) is 0 Å². The van der Waals surface area contributed by atoms with Crippen LogP contribution in [-0.2, 0) is 21.5 Å². The molecule has 4 rings (SSSR count). The second-order valence-electron chi connectivity index (χ2n) is 7.87. The van der Waals surface area contributed by atoms with Gasteiger partial charge in [-0.2, -0.15) is 0 Å². The van der Waals surface area contributed by atoms with E-state index >= 15 is 0 Å². The largest absolute Gasteiger partial charge is 0.359 e. The number of nitrogens with one attached hydrogen (secondary N) is 1. The first-order chi connectivity index (χ1) is 11.5. The molecular formula is C20H26N2O2. The lowest BCUT2D eigenvalue weighted by Gasteiger charge is -2.39. The van der Waals surface area contributed by atoms with Gasteiger partial charge in [-0.05, 0) is 43.2 Å². The predicted molar refractivity (Wildman–Crippen MR) is 92.3 cm³/mol. The first-order valence-corrected chi connectivity index (χ1v) is 9.11. The summed E-state index contributed by atoms with van der Waals surface area (Å²) in [6, 6.07) is 6.67. The van der Waals surface area contributed by atoms with E-state index in [9.17, 15) is 9.59 Å². The zero-order valence-corrected chi connectivity index (χ0v) is 14.8. The number of amides is 2. The van der Waals surface area contributed by atoms with Crippen molar-refractivity contribution in [1.82, 2.24) is 10.2 Å². The first kappa shape index (κ1) is 15.7. The second kappa shape index (κ2) is 5.33. The molecule has 1 spiro atoms. The molecule has 2 fully saturated rings. The number of fused-ring (bicyclic) bond motifs is 1. The number of nitrogens with zero attached hydrogens (tertiary/aromatic N) is 1. The summed E-state index contributed by atoms with van der Waals surface area (Å²) in [5, 5.41) is 2.84. The highest BCUT2D eigenvalue weighted by Crippen LogP contribution is 2.60. The molecule has 1 aliphatic carbocycles. The van der Waals surface area contributed by atoms with Gasteiger partial charge < -0.3 is 10.2 Å². The topological polar surface area (TPSA) is 49.4 Å². The SMILES string of the molecule is CNC(=O)[C@@H]1[C@@H](C)CC23c4ccc(C)cc4CCCN2C(=O)C[C@@H]13. The van der Waals surface area contributed by atoms with Gasteiger partial charge in [-0.1, -0.05) is 30.7 Å². The molecule has 128 valence electrons. The van der Waals surface area contributed by atoms with Gasteiger partial charge in [-0.3, -0.25) is 9.59 Å². The van der Waals surface area contributed by atoms with Gasteiger partial charge in [-0.15, -0.1) is 0 Å². The molecule has 2 aliphatic heterocycles. The van der Waals surface area contributed by atoms with Crippen LogP contribution in [0.3, 0.4) is 0 Å². The molecule has 4 heteroatoms. The molecule has 1 aromatic carbocycles. The minimum atomic E-state index is -0.271. The van der Waals surface area contributed by atoms with Crippen molar-refractivity contribution in [1.29, 1.82) is 0 Å². The third kappa shape index (κ3) is 1.92. The molecule has 3 aliphatic rings. The molecule has 1 unspecified atom stereocenters. The number of hydrogen-bond acceptors (Lipinski definition) is 2. The van der Waals surface area contributed by atoms with Gasteiger partial charge in [0, 0.05) is 31.8 Å². The summed E-state index contributed by atoms with van der Waals surface area (Å²) in [4.78, 5) is 27.5. The van der Waals surface area contributed by atoms with Crippen molar-refractivity contribution in [3.8, 4) is 0 Å². The number of carbonyl (C=O) groups excluding carboxylic acids is 2. The molecule has 4 nitrogen and oxygen atoms in total. The Morgan fingerprint density at radius 3 is 2.92 bits per heavy atom. The Hall–Kier alpha value is -1.84. The molecule has 2 amide bonds. The molecule has 1 saturated heterocycles. The third-order valence-electron chi connectivity index (χ3n) is 6.57. The quantitative estimate of drug-likeness (QED) is 0.861. The maximum Gasteiger partial charge on any atom is 0.223 e. The molecule has 1 aromatic rings. The van der Waals surface area contributed by atoms with E-state index in [1.165, 1.54) is 16.7 Å². The number of hydrogen-bond donors (Lipinski definition) is 1. The maximum absolute atomic E-state index is 12.8. The zero-order chi connectivity index (χ0) is 17.1. The zero-order valence-electron chi connectivity index (χ0n) is 14.8. The highest BCUT2D eigenvalue weighted by molar-refractivity contribution is 5.86. The summed E-state index contributed by atoms with van der Waals surface area (Å²) in [7, 11) is 1.71. The Morgan fingerprint density at radius 1 is 1.38 bits per heavy atom. The van der Waals surface area contributed by atoms with E-state index in [4.69, 9.17) is 0 Å². The highest BCUT2D eigenvalue weighted by atomic mass is 16.2. The summed E-state index contributed by atoms with van der Waals surface area (Å²) in [5.41, 5.74) is 3.68. The molecular weight excluding hydrogens is 300 g/mol. The average molecular weight is 326 g/mol. The summed E-state index contributed by atoms with van der Waals surface area (Å²) in [6.45, 7) is 5.12. The van der Waals surface area contributed by atoms with E-state index in [1.54, 1.807) is 7.05 Å². The van der Waals surface area contributed by atoms with Crippen LogP contribution in [0.2, 0.25) is 0 Å². The minimum Gasteiger partial charge on any atom is -0.359 e. The van der Waals surface area contributed by atoms with Crippen LogP contribution in [0.1, 0.15) is 42.9 Å². The smallest absolute Gasteiger partial charge is 0.223 e. The summed E-state index contributed by atoms with van der Waals surface area (Å²) in [6.07, 6.45) is 3.44. The van der Waals surface area contributed by atoms with Crippen molar-refractivity contribution in [3.05, 3.63) is 34.9 Å². The molecule has 24 heavy (non-hydrogen) atoms. The molecule has 2 heterocycles. The van der Waals surface area contributed by atoms with Gasteiger partial charge in [0.05, 0.1) is 5.54 Å². The van der Waals surface area contributed by atoms with Gasteiger partial charge in [0.2, 0.25) is 11.8 Å². The lowest BCUT2D eigenvalue weighted by atomic mass is 9.76. The van der Waals surface area contributed by atoms with Crippen molar-refractivity contribution in [3.63, 3.8) is 0 Å². The van der Waals surface area contributed by atoms with E-state index in [0.29, 0.717) is 6.42 Å². The van der Waals surface area contributed by atoms with Gasteiger partial charge in [0.25, 0.3) is 0 Å². The molecule has 1 N–H and O–H groups in total. The van der Waals surface area contributed by atoms with Crippen LogP contribution < -0.4 is 5.32 Å². The standard InChI is InChI=1S/C20H26N2O2/c1-12-6-7-15-14(9-12)5-4-8-22-17(23)10-16-18(19(24)21-3)13(2)11-20(15,16)22/h6-7,9,13,16,18H,4-5,8,10-11H2,1-3H3,(H,21,24)/t13-,16-,18+,20?/m0/s1. The van der Waals surface area contributed by atoms with Crippen molar-refractivity contribution >= 4 is 11.8 Å². The van der Waals surface area contributed by atoms with Crippen molar-refractivity contribution in [2.24, 2.45) is 17.8 Å². The van der Waals surface area contributed by atoms with Gasteiger partial charge in [0.1, 0.15) is 0 Å². The fraction of sp³-hybridized carbons (Fsp3) is 0.600. The number of rotatable bonds is 1. The number of aryl methyl sites for hydroxylation is 2. The fourth-order valence-electron chi connectivity index (χ4n) is 5.76. The first-order valence-electron chi connectivity index (χ1n) is 9.11. The Morgan fingerprint density at radius 2 is 2.17 bits per heavy atom. The van der Waals surface area contributed by atoms with Crippen molar-refractivity contribution < 1.29 is 9.59 Å². The molecule has 1 saturated carbocycles. The van der Waals surface area contributed by atoms with Crippen LogP contribution in [0.5, 0.6) is 0 Å². The summed E-state index contributed by atoms with van der Waals surface area (Å²) < 4.78 is 0. The van der Waals surface area contributed by atoms with E-state index < -0.39 is 0 Å². The number of carbonyl (C=O) groups is 2. The minimum absolute atomic E-state index is 0.0730. The van der Waals surface area contributed by atoms with Crippen molar-refractivity contribution in [2.75, 3.05) is 13.6 Å². The van der Waals surface area contributed by atoms with Gasteiger partial charge >= 0.3 is 0 Å². The van der Waals surface area contributed by atoms with Crippen molar-refractivity contribution in [2.45, 2.75) is 45.1 Å². The Bertz CT molecular complexity index is 714. The van der Waals surface area contributed by atoms with E-state index in [2.05, 4.69) is 42.3 Å². The van der Waals surface area contributed by atoms with E-state index in [0.717, 1.165) is 25.8 Å². The predicted octanol–water partition coefficient (Wildman–Crippen LogP) is 2.39. The molecule has 0 aromatic heterocycles. The Balaban J connectivity index is 1.91. The van der Waals surface area contributed by atoms with Crippen LogP contribution in [0.15, 0.2) is 18.2 Å². The third-order valence-corrected chi connectivity index (χ3v) is 6.57. The highest BCUT2D eigenvalue weighted by Gasteiger charge is 2.64. The van der Waals surface area contributed by atoms with Crippen LogP contribution in [0.25, 0.3) is 0 Å². The van der Waals surface area contributed by atoms with Crippen LogP contribution in [-0.4, -0.2) is 30.3 Å². The number of benzene rings is 1. The van der Waals surface area contributed by atoms with E-state index in [1.807, 2.05) is 0 Å². The van der Waals surface area contributed by atoms with Gasteiger partial charge in [-0.25, -0.2) is 0 Å². The molecule has 0 bridgehead atoms. The summed E-state index contributed by atoms with van der Waals surface area (Å²) in [5.74, 6) is 0.639. The maximum atomic E-state index is 12.8. The second-order valence-corrected chi connectivity index (χ2v) is 7.87. The van der Waals surface area contributed by atoms with Crippen LogP contribution in [0.4, 0.5) is 0 Å². The van der Waals surface area contributed by atoms with Crippen LogP contribution >= 0.6 is 0 Å².